The Bertz CT molecular complexity index is 320. The summed E-state index contributed by atoms with van der Waals surface area (Å²) in [6.07, 6.45) is 1.86. The van der Waals surface area contributed by atoms with Gasteiger partial charge in [0.1, 0.15) is 0 Å². The number of nitrogens with two attached hydrogens (primary N) is 1. The molecular weight excluding hydrogens is 234 g/mol. The molecule has 18 heavy (non-hydrogen) atoms. The molecule has 6 heteroatoms. The minimum absolute atomic E-state index is 0.0113. The molecule has 3 N–H and O–H groups in total. The summed E-state index contributed by atoms with van der Waals surface area (Å²) < 4.78 is 0. The Labute approximate surface area is 108 Å². The first-order valence-electron chi connectivity index (χ1n) is 6.26. The highest BCUT2D eigenvalue weighted by Gasteiger charge is 2.35. The monoisotopic (exact) mass is 257 g/mol. The maximum atomic E-state index is 11.9. The first-order valence-corrected chi connectivity index (χ1v) is 6.26. The minimum atomic E-state index is -0.963. The molecule has 1 saturated heterocycles. The van der Waals surface area contributed by atoms with Gasteiger partial charge in [-0.25, -0.2) is 0 Å². The number of rotatable bonds is 5. The number of aliphatic hydroxyl groups is 1. The highest BCUT2D eigenvalue weighted by Crippen LogP contribution is 2.25. The molecule has 6 nitrogen and oxygen atoms in total. The van der Waals surface area contributed by atoms with Gasteiger partial charge in [0.25, 0.3) is 0 Å². The van der Waals surface area contributed by atoms with Crippen LogP contribution in [0.3, 0.4) is 0 Å². The van der Waals surface area contributed by atoms with Crippen LogP contribution >= 0.6 is 0 Å². The van der Waals surface area contributed by atoms with Crippen LogP contribution in [0.2, 0.25) is 0 Å². The fourth-order valence-electron chi connectivity index (χ4n) is 2.26. The van der Waals surface area contributed by atoms with Gasteiger partial charge >= 0.3 is 0 Å². The Morgan fingerprint density at radius 3 is 2.67 bits per heavy atom. The van der Waals surface area contributed by atoms with Crippen molar-refractivity contribution in [1.82, 2.24) is 9.80 Å². The molecule has 104 valence electrons. The SMILES string of the molecule is CN(C)CC(=O)N1CCC[C@@](O)(CCC(N)=O)C1. The third-order valence-corrected chi connectivity index (χ3v) is 3.20. The number of amides is 2. The van der Waals surface area contributed by atoms with Crippen molar-refractivity contribution in [2.24, 2.45) is 5.73 Å². The number of likely N-dealkylation sites (tertiary alicyclic amines) is 1. The highest BCUT2D eigenvalue weighted by molar-refractivity contribution is 5.78. The Balaban J connectivity index is 2.54. The predicted octanol–water partition coefficient (Wildman–Crippen LogP) is -0.833. The van der Waals surface area contributed by atoms with Crippen molar-refractivity contribution in [3.8, 4) is 0 Å². The minimum Gasteiger partial charge on any atom is -0.388 e. The number of hydrogen-bond acceptors (Lipinski definition) is 4. The summed E-state index contributed by atoms with van der Waals surface area (Å²) in [4.78, 5) is 26.2. The zero-order valence-corrected chi connectivity index (χ0v) is 11.2. The van der Waals surface area contributed by atoms with E-state index in [2.05, 4.69) is 0 Å². The van der Waals surface area contributed by atoms with Crippen molar-refractivity contribution in [1.29, 1.82) is 0 Å². The number of β-amino-alcohol motifs (C(OH)–C–C–N with tert-alkyl or cyclic N) is 1. The summed E-state index contributed by atoms with van der Waals surface area (Å²) in [7, 11) is 3.67. The van der Waals surface area contributed by atoms with E-state index in [1.165, 1.54) is 0 Å². The molecular formula is C12H23N3O3. The summed E-state index contributed by atoms with van der Waals surface area (Å²) in [5.74, 6) is -0.405. The molecule has 1 aliphatic rings. The lowest BCUT2D eigenvalue weighted by Gasteiger charge is -2.39. The highest BCUT2D eigenvalue weighted by atomic mass is 16.3. The Morgan fingerprint density at radius 2 is 2.11 bits per heavy atom. The lowest BCUT2D eigenvalue weighted by Crippen LogP contribution is -2.52. The van der Waals surface area contributed by atoms with E-state index in [9.17, 15) is 14.7 Å². The van der Waals surface area contributed by atoms with Crippen LogP contribution in [0, 0.1) is 0 Å². The molecule has 0 aromatic heterocycles. The molecule has 1 atom stereocenters. The van der Waals surface area contributed by atoms with Crippen LogP contribution in [0.4, 0.5) is 0 Å². The quantitative estimate of drug-likeness (QED) is 0.673. The van der Waals surface area contributed by atoms with Crippen molar-refractivity contribution >= 4 is 11.8 Å². The zero-order chi connectivity index (χ0) is 13.8. The lowest BCUT2D eigenvalue weighted by atomic mass is 9.88. The van der Waals surface area contributed by atoms with Gasteiger partial charge in [0.2, 0.25) is 11.8 Å². The molecule has 0 aliphatic carbocycles. The summed E-state index contributed by atoms with van der Waals surface area (Å²) >= 11 is 0. The molecule has 0 bridgehead atoms. The van der Waals surface area contributed by atoms with E-state index in [-0.39, 0.29) is 12.3 Å². The maximum Gasteiger partial charge on any atom is 0.236 e. The van der Waals surface area contributed by atoms with Crippen molar-refractivity contribution < 1.29 is 14.7 Å². The zero-order valence-electron chi connectivity index (χ0n) is 11.2. The Kier molecular flexibility index (Phi) is 5.10. The number of hydrogen-bond donors (Lipinski definition) is 2. The fourth-order valence-corrected chi connectivity index (χ4v) is 2.26. The van der Waals surface area contributed by atoms with Crippen molar-refractivity contribution in [3.05, 3.63) is 0 Å². The molecule has 0 saturated carbocycles. The normalized spacial score (nSPS) is 24.3. The number of likely N-dealkylation sites (N-methyl/N-ethyl adjacent to an activating group) is 1. The van der Waals surface area contributed by atoms with Crippen molar-refractivity contribution in [2.75, 3.05) is 33.7 Å². The van der Waals surface area contributed by atoms with E-state index < -0.39 is 11.5 Å². The van der Waals surface area contributed by atoms with Crippen molar-refractivity contribution in [3.63, 3.8) is 0 Å². The van der Waals surface area contributed by atoms with E-state index in [0.29, 0.717) is 32.5 Å². The van der Waals surface area contributed by atoms with Gasteiger partial charge in [-0.2, -0.15) is 0 Å². The summed E-state index contributed by atoms with van der Waals surface area (Å²) in [5.41, 5.74) is 4.13. The first kappa shape index (κ1) is 14.9. The van der Waals surface area contributed by atoms with Crippen LogP contribution in [0.5, 0.6) is 0 Å². The first-order chi connectivity index (χ1) is 8.32. The lowest BCUT2D eigenvalue weighted by molar-refractivity contribution is -0.139. The van der Waals surface area contributed by atoms with Gasteiger partial charge in [-0.15, -0.1) is 0 Å². The number of nitrogens with zero attached hydrogens (tertiary/aromatic N) is 2. The molecule has 0 radical (unpaired) electrons. The summed E-state index contributed by atoms with van der Waals surface area (Å²) in [6.45, 7) is 1.31. The molecule has 0 aromatic rings. The van der Waals surface area contributed by atoms with E-state index in [4.69, 9.17) is 5.73 Å². The van der Waals surface area contributed by atoms with Crippen LogP contribution in [0.1, 0.15) is 25.7 Å². The van der Waals surface area contributed by atoms with Gasteiger partial charge in [0.15, 0.2) is 0 Å². The molecule has 0 spiro atoms. The smallest absolute Gasteiger partial charge is 0.236 e. The third kappa shape index (κ3) is 4.62. The van der Waals surface area contributed by atoms with E-state index in [1.54, 1.807) is 9.80 Å². The second-order valence-electron chi connectivity index (χ2n) is 5.35. The largest absolute Gasteiger partial charge is 0.388 e. The fraction of sp³-hybridized carbons (Fsp3) is 0.833. The Hall–Kier alpha value is -1.14. The standard InChI is InChI=1S/C12H23N3O3/c1-14(2)8-11(17)15-7-3-5-12(18,9-15)6-4-10(13)16/h18H,3-9H2,1-2H3,(H2,13,16)/t12-/m1/s1. The summed E-state index contributed by atoms with van der Waals surface area (Å²) in [5, 5.41) is 10.4. The van der Waals surface area contributed by atoms with E-state index >= 15 is 0 Å². The maximum absolute atomic E-state index is 11.9. The second kappa shape index (κ2) is 6.15. The molecule has 1 aliphatic heterocycles. The average molecular weight is 257 g/mol. The summed E-state index contributed by atoms with van der Waals surface area (Å²) in [6, 6.07) is 0. The van der Waals surface area contributed by atoms with Gasteiger partial charge in [0, 0.05) is 19.5 Å². The van der Waals surface area contributed by atoms with Gasteiger partial charge < -0.3 is 20.6 Å². The van der Waals surface area contributed by atoms with Crippen LogP contribution in [0.15, 0.2) is 0 Å². The average Bonchev–Trinajstić information content (AvgIpc) is 2.26. The third-order valence-electron chi connectivity index (χ3n) is 3.20. The molecule has 0 unspecified atom stereocenters. The topological polar surface area (TPSA) is 86.9 Å². The van der Waals surface area contributed by atoms with E-state index in [0.717, 1.165) is 6.42 Å². The van der Waals surface area contributed by atoms with Crippen LogP contribution in [-0.2, 0) is 9.59 Å². The molecule has 1 rings (SSSR count). The molecule has 1 fully saturated rings. The van der Waals surface area contributed by atoms with Gasteiger partial charge in [0.05, 0.1) is 12.1 Å². The van der Waals surface area contributed by atoms with Crippen LogP contribution in [-0.4, -0.2) is 66.1 Å². The van der Waals surface area contributed by atoms with Crippen LogP contribution < -0.4 is 5.73 Å². The predicted molar refractivity (Wildman–Crippen MR) is 67.7 cm³/mol. The second-order valence-corrected chi connectivity index (χ2v) is 5.35. The van der Waals surface area contributed by atoms with E-state index in [1.807, 2.05) is 14.1 Å². The van der Waals surface area contributed by atoms with Crippen molar-refractivity contribution in [2.45, 2.75) is 31.3 Å². The van der Waals surface area contributed by atoms with Gasteiger partial charge in [-0.3, -0.25) is 9.59 Å². The van der Waals surface area contributed by atoms with Crippen LogP contribution in [0.25, 0.3) is 0 Å². The number of primary amides is 1. The number of carbonyl (C=O) groups is 2. The molecule has 2 amide bonds. The van der Waals surface area contributed by atoms with Gasteiger partial charge in [-0.05, 0) is 33.4 Å². The number of carbonyl (C=O) groups excluding carboxylic acids is 2. The molecule has 1 heterocycles. The van der Waals surface area contributed by atoms with Gasteiger partial charge in [-0.1, -0.05) is 0 Å². The molecule has 0 aromatic carbocycles. The Morgan fingerprint density at radius 1 is 1.44 bits per heavy atom. The number of piperidine rings is 1.